The zero-order valence-electron chi connectivity index (χ0n) is 11.0. The SMILES string of the molecule is CCOC(=O)Cc1c(C#N)cc(CCl)cc1OC(F)(F)F. The van der Waals surface area contributed by atoms with Crippen molar-refractivity contribution in [3.8, 4) is 11.8 Å². The van der Waals surface area contributed by atoms with Crippen LogP contribution in [0.5, 0.6) is 5.75 Å². The predicted molar refractivity (Wildman–Crippen MR) is 67.7 cm³/mol. The fraction of sp³-hybridized carbons (Fsp3) is 0.385. The summed E-state index contributed by atoms with van der Waals surface area (Å²) in [7, 11) is 0. The molecule has 0 bridgehead atoms. The molecular weight excluding hydrogens is 311 g/mol. The molecule has 0 aliphatic carbocycles. The van der Waals surface area contributed by atoms with Crippen molar-refractivity contribution in [3.63, 3.8) is 0 Å². The number of nitriles is 1. The summed E-state index contributed by atoms with van der Waals surface area (Å²) in [6.45, 7) is 1.64. The highest BCUT2D eigenvalue weighted by Crippen LogP contribution is 2.31. The van der Waals surface area contributed by atoms with E-state index >= 15 is 0 Å². The second-order valence-corrected chi connectivity index (χ2v) is 4.16. The molecule has 1 aromatic carbocycles. The molecule has 114 valence electrons. The molecule has 8 heteroatoms. The summed E-state index contributed by atoms with van der Waals surface area (Å²) < 4.78 is 45.8. The van der Waals surface area contributed by atoms with Gasteiger partial charge in [-0.05, 0) is 24.6 Å². The molecule has 1 rings (SSSR count). The Morgan fingerprint density at radius 2 is 2.10 bits per heavy atom. The van der Waals surface area contributed by atoms with Crippen LogP contribution in [0.4, 0.5) is 13.2 Å². The van der Waals surface area contributed by atoms with E-state index in [0.717, 1.165) is 6.07 Å². The second kappa shape index (κ2) is 7.18. The van der Waals surface area contributed by atoms with Gasteiger partial charge in [-0.15, -0.1) is 24.8 Å². The molecule has 0 spiro atoms. The average molecular weight is 322 g/mol. The zero-order chi connectivity index (χ0) is 16.0. The monoisotopic (exact) mass is 321 g/mol. The molecule has 0 aliphatic heterocycles. The van der Waals surface area contributed by atoms with Gasteiger partial charge in [0.2, 0.25) is 0 Å². The molecule has 0 heterocycles. The van der Waals surface area contributed by atoms with Crippen LogP contribution in [-0.4, -0.2) is 18.9 Å². The van der Waals surface area contributed by atoms with Crippen molar-refractivity contribution in [2.24, 2.45) is 0 Å². The van der Waals surface area contributed by atoms with E-state index < -0.39 is 24.5 Å². The third-order valence-corrected chi connectivity index (χ3v) is 2.70. The van der Waals surface area contributed by atoms with E-state index in [1.807, 2.05) is 0 Å². The molecule has 0 amide bonds. The number of rotatable bonds is 5. The normalized spacial score (nSPS) is 10.9. The molecule has 0 N–H and O–H groups in total. The van der Waals surface area contributed by atoms with Gasteiger partial charge in [-0.25, -0.2) is 0 Å². The Morgan fingerprint density at radius 1 is 1.43 bits per heavy atom. The maximum atomic E-state index is 12.4. The lowest BCUT2D eigenvalue weighted by atomic mass is 10.0. The van der Waals surface area contributed by atoms with Crippen LogP contribution in [-0.2, 0) is 21.8 Å². The lowest BCUT2D eigenvalue weighted by molar-refractivity contribution is -0.275. The van der Waals surface area contributed by atoms with Gasteiger partial charge in [0.25, 0.3) is 0 Å². The highest BCUT2D eigenvalue weighted by Gasteiger charge is 2.33. The number of alkyl halides is 4. The Hall–Kier alpha value is -1.94. The van der Waals surface area contributed by atoms with Crippen LogP contribution in [0.1, 0.15) is 23.6 Å². The fourth-order valence-corrected chi connectivity index (χ4v) is 1.79. The van der Waals surface area contributed by atoms with Gasteiger partial charge >= 0.3 is 12.3 Å². The van der Waals surface area contributed by atoms with Crippen LogP contribution >= 0.6 is 11.6 Å². The lowest BCUT2D eigenvalue weighted by Gasteiger charge is -2.15. The molecule has 0 radical (unpaired) electrons. The number of hydrogen-bond donors (Lipinski definition) is 0. The summed E-state index contributed by atoms with van der Waals surface area (Å²) in [4.78, 5) is 11.5. The summed E-state index contributed by atoms with van der Waals surface area (Å²) in [5.41, 5.74) is -0.0114. The van der Waals surface area contributed by atoms with Crippen LogP contribution in [0.15, 0.2) is 12.1 Å². The van der Waals surface area contributed by atoms with Crippen molar-refractivity contribution in [1.82, 2.24) is 0 Å². The lowest BCUT2D eigenvalue weighted by Crippen LogP contribution is -2.20. The standard InChI is InChI=1S/C13H11ClF3NO3/c1-2-20-12(19)5-10-9(7-18)3-8(6-14)4-11(10)21-13(15,16)17/h3-4H,2,5-6H2,1H3. The van der Waals surface area contributed by atoms with Crippen LogP contribution in [0, 0.1) is 11.3 Å². The number of carbonyl (C=O) groups is 1. The van der Waals surface area contributed by atoms with E-state index in [4.69, 9.17) is 16.9 Å². The maximum absolute atomic E-state index is 12.4. The highest BCUT2D eigenvalue weighted by molar-refractivity contribution is 6.17. The molecule has 0 aliphatic rings. The van der Waals surface area contributed by atoms with E-state index in [1.54, 1.807) is 13.0 Å². The third-order valence-electron chi connectivity index (χ3n) is 2.40. The number of benzene rings is 1. The number of carbonyl (C=O) groups excluding carboxylic acids is 1. The Bertz CT molecular complexity index is 567. The fourth-order valence-electron chi connectivity index (χ4n) is 1.63. The Morgan fingerprint density at radius 3 is 2.57 bits per heavy atom. The molecular formula is C13H11ClF3NO3. The van der Waals surface area contributed by atoms with Crippen molar-refractivity contribution >= 4 is 17.6 Å². The van der Waals surface area contributed by atoms with Gasteiger partial charge in [-0.2, -0.15) is 5.26 Å². The molecule has 0 saturated carbocycles. The summed E-state index contributed by atoms with van der Waals surface area (Å²) >= 11 is 5.57. The predicted octanol–water partition coefficient (Wildman–Crippen LogP) is 3.30. The maximum Gasteiger partial charge on any atom is 0.573 e. The minimum Gasteiger partial charge on any atom is -0.466 e. The van der Waals surface area contributed by atoms with Crippen molar-refractivity contribution in [3.05, 3.63) is 28.8 Å². The van der Waals surface area contributed by atoms with Crippen LogP contribution in [0.25, 0.3) is 0 Å². The third kappa shape index (κ3) is 5.16. The van der Waals surface area contributed by atoms with E-state index in [1.165, 1.54) is 6.07 Å². The van der Waals surface area contributed by atoms with Gasteiger partial charge in [0, 0.05) is 11.4 Å². The first-order valence-corrected chi connectivity index (χ1v) is 6.37. The number of halogens is 4. The first-order chi connectivity index (χ1) is 9.80. The van der Waals surface area contributed by atoms with Gasteiger partial charge in [0.15, 0.2) is 0 Å². The Balaban J connectivity index is 3.29. The van der Waals surface area contributed by atoms with Gasteiger partial charge in [-0.3, -0.25) is 4.79 Å². The number of esters is 1. The van der Waals surface area contributed by atoms with Crippen LogP contribution in [0.2, 0.25) is 0 Å². The largest absolute Gasteiger partial charge is 0.573 e. The summed E-state index contributed by atoms with van der Waals surface area (Å²) in [6, 6.07) is 4.09. The van der Waals surface area contributed by atoms with E-state index in [9.17, 15) is 18.0 Å². The Kier molecular flexibility index (Phi) is 5.85. The molecule has 0 saturated heterocycles. The van der Waals surface area contributed by atoms with Crippen LogP contribution in [0.3, 0.4) is 0 Å². The van der Waals surface area contributed by atoms with Gasteiger partial charge in [0.05, 0.1) is 24.7 Å². The first-order valence-electron chi connectivity index (χ1n) is 5.84. The van der Waals surface area contributed by atoms with Crippen molar-refractivity contribution in [2.75, 3.05) is 6.61 Å². The van der Waals surface area contributed by atoms with E-state index in [2.05, 4.69) is 9.47 Å². The number of nitrogens with zero attached hydrogens (tertiary/aromatic N) is 1. The van der Waals surface area contributed by atoms with Crippen molar-refractivity contribution in [2.45, 2.75) is 25.6 Å². The van der Waals surface area contributed by atoms with Crippen molar-refractivity contribution in [1.29, 1.82) is 5.26 Å². The minimum absolute atomic E-state index is 0.0793. The molecule has 0 atom stereocenters. The average Bonchev–Trinajstić information content (AvgIpc) is 2.39. The molecule has 0 aromatic heterocycles. The molecule has 21 heavy (non-hydrogen) atoms. The van der Waals surface area contributed by atoms with Gasteiger partial charge < -0.3 is 9.47 Å². The molecule has 0 unspecified atom stereocenters. The summed E-state index contributed by atoms with van der Waals surface area (Å²) in [5.74, 6) is -1.47. The number of ether oxygens (including phenoxy) is 2. The minimum atomic E-state index is -4.94. The second-order valence-electron chi connectivity index (χ2n) is 3.90. The smallest absolute Gasteiger partial charge is 0.466 e. The first kappa shape index (κ1) is 17.1. The van der Waals surface area contributed by atoms with Crippen LogP contribution < -0.4 is 4.74 Å². The Labute approximate surface area is 124 Å². The van der Waals surface area contributed by atoms with E-state index in [-0.39, 0.29) is 29.2 Å². The topological polar surface area (TPSA) is 59.3 Å². The molecule has 1 aromatic rings. The molecule has 4 nitrogen and oxygen atoms in total. The van der Waals surface area contributed by atoms with Gasteiger partial charge in [0.1, 0.15) is 5.75 Å². The van der Waals surface area contributed by atoms with Gasteiger partial charge in [-0.1, -0.05) is 0 Å². The zero-order valence-corrected chi connectivity index (χ0v) is 11.7. The summed E-state index contributed by atoms with van der Waals surface area (Å²) in [5, 5.41) is 9.02. The molecule has 0 fully saturated rings. The summed E-state index contributed by atoms with van der Waals surface area (Å²) in [6.07, 6.45) is -5.44. The quantitative estimate of drug-likeness (QED) is 0.616. The number of hydrogen-bond acceptors (Lipinski definition) is 4. The van der Waals surface area contributed by atoms with Crippen molar-refractivity contribution < 1.29 is 27.4 Å². The highest BCUT2D eigenvalue weighted by atomic mass is 35.5. The van der Waals surface area contributed by atoms with E-state index in [0.29, 0.717) is 0 Å².